The predicted octanol–water partition coefficient (Wildman–Crippen LogP) is 3.79. The van der Waals surface area contributed by atoms with Gasteiger partial charge in [0.25, 0.3) is 5.91 Å². The molecule has 2 aromatic carbocycles. The summed E-state index contributed by atoms with van der Waals surface area (Å²) >= 11 is 0. The second-order valence-corrected chi connectivity index (χ2v) is 5.42. The first-order valence-corrected chi connectivity index (χ1v) is 7.40. The second kappa shape index (κ2) is 6.08. The maximum atomic E-state index is 12.6. The number of ether oxygens (including phenoxy) is 1. The number of aryl methyl sites for hydroxylation is 1. The number of aldehydes is 1. The van der Waals surface area contributed by atoms with Gasteiger partial charge in [-0.15, -0.1) is 0 Å². The Bertz CT molecular complexity index is 893. The van der Waals surface area contributed by atoms with E-state index in [2.05, 4.69) is 0 Å². The Morgan fingerprint density at radius 1 is 1.09 bits per heavy atom. The number of carbonyl (C=O) groups is 2. The van der Waals surface area contributed by atoms with E-state index in [1.807, 2.05) is 55.5 Å². The Balaban J connectivity index is 1.94. The van der Waals surface area contributed by atoms with Crippen molar-refractivity contribution in [3.8, 4) is 5.75 Å². The van der Waals surface area contributed by atoms with E-state index >= 15 is 0 Å². The summed E-state index contributed by atoms with van der Waals surface area (Å²) in [6.07, 6.45) is 0.795. The van der Waals surface area contributed by atoms with Crippen LogP contribution in [-0.4, -0.2) is 23.4 Å². The van der Waals surface area contributed by atoms with Crippen molar-refractivity contribution in [2.75, 3.05) is 6.61 Å². The quantitative estimate of drug-likeness (QED) is 0.689. The fourth-order valence-corrected chi connectivity index (χ4v) is 2.78. The number of hydrogen-bond acceptors (Lipinski definition) is 3. The highest BCUT2D eigenvalue weighted by molar-refractivity contribution is 6.04. The van der Waals surface area contributed by atoms with Gasteiger partial charge in [-0.25, -0.2) is 0 Å². The average Bonchev–Trinajstić information content (AvgIpc) is 2.85. The van der Waals surface area contributed by atoms with E-state index < -0.39 is 0 Å². The molecule has 0 saturated heterocycles. The molecule has 1 aromatic heterocycles. The average molecular weight is 307 g/mol. The fraction of sp³-hybridized carbons (Fsp3) is 0.158. The van der Waals surface area contributed by atoms with Crippen LogP contribution in [-0.2, 0) is 0 Å². The van der Waals surface area contributed by atoms with Gasteiger partial charge < -0.3 is 4.74 Å². The van der Waals surface area contributed by atoms with Crippen molar-refractivity contribution < 1.29 is 14.3 Å². The molecule has 0 fully saturated rings. The molecule has 116 valence electrons. The van der Waals surface area contributed by atoms with Crippen molar-refractivity contribution in [2.45, 2.75) is 13.8 Å². The Morgan fingerprint density at radius 2 is 1.78 bits per heavy atom. The molecule has 0 bridgehead atoms. The molecule has 1 heterocycles. The zero-order valence-corrected chi connectivity index (χ0v) is 13.1. The number of benzene rings is 2. The molecule has 4 nitrogen and oxygen atoms in total. The molecule has 0 aliphatic rings. The van der Waals surface area contributed by atoms with Crippen LogP contribution in [0.25, 0.3) is 10.9 Å². The molecule has 0 spiro atoms. The minimum absolute atomic E-state index is 0.0807. The number of nitrogens with zero attached hydrogens (tertiary/aromatic N) is 1. The number of aromatic nitrogens is 1. The summed E-state index contributed by atoms with van der Waals surface area (Å²) in [4.78, 5) is 24.0. The van der Waals surface area contributed by atoms with Crippen molar-refractivity contribution >= 4 is 23.1 Å². The van der Waals surface area contributed by atoms with E-state index in [9.17, 15) is 9.59 Å². The lowest BCUT2D eigenvalue weighted by Gasteiger charge is -2.10. The number of rotatable bonds is 4. The molecule has 3 aromatic rings. The highest BCUT2D eigenvalue weighted by atomic mass is 16.5. The predicted molar refractivity (Wildman–Crippen MR) is 89.4 cm³/mol. The molecule has 0 atom stereocenters. The van der Waals surface area contributed by atoms with E-state index in [4.69, 9.17) is 4.74 Å². The third-order valence-corrected chi connectivity index (χ3v) is 3.97. The van der Waals surface area contributed by atoms with Gasteiger partial charge in [0.1, 0.15) is 5.75 Å². The van der Waals surface area contributed by atoms with Crippen molar-refractivity contribution in [1.29, 1.82) is 0 Å². The largest absolute Gasteiger partial charge is 0.483 e. The highest BCUT2D eigenvalue weighted by Crippen LogP contribution is 2.24. The van der Waals surface area contributed by atoms with E-state index in [1.54, 1.807) is 11.5 Å². The molecule has 0 N–H and O–H groups in total. The molecule has 23 heavy (non-hydrogen) atoms. The zero-order chi connectivity index (χ0) is 16.4. The summed E-state index contributed by atoms with van der Waals surface area (Å²) in [6.45, 7) is 3.62. The monoisotopic (exact) mass is 307 g/mol. The third kappa shape index (κ3) is 2.63. The van der Waals surface area contributed by atoms with Gasteiger partial charge in [-0.3, -0.25) is 14.2 Å². The number of hydrogen-bond donors (Lipinski definition) is 0. The van der Waals surface area contributed by atoms with Crippen LogP contribution in [0.1, 0.15) is 26.4 Å². The van der Waals surface area contributed by atoms with E-state index in [0.717, 1.165) is 22.8 Å². The van der Waals surface area contributed by atoms with Gasteiger partial charge in [-0.1, -0.05) is 36.4 Å². The Morgan fingerprint density at radius 3 is 2.52 bits per heavy atom. The van der Waals surface area contributed by atoms with E-state index in [-0.39, 0.29) is 12.5 Å². The standard InChI is InChI=1S/C19H17NO3/c1-13-7-3-6-10-18(13)23-12-19(22)20-14(2)16(11-21)15-8-4-5-9-17(15)20/h3-11H,12H2,1-2H3. The molecule has 0 aliphatic heterocycles. The Labute approximate surface area is 134 Å². The van der Waals surface area contributed by atoms with Crippen molar-refractivity contribution in [1.82, 2.24) is 4.57 Å². The van der Waals surface area contributed by atoms with Crippen molar-refractivity contribution in [3.05, 3.63) is 65.4 Å². The van der Waals surface area contributed by atoms with E-state index in [1.165, 1.54) is 0 Å². The SMILES string of the molecule is Cc1ccccc1OCC(=O)n1c(C)c(C=O)c2ccccc21. The first-order valence-electron chi connectivity index (χ1n) is 7.40. The summed E-state index contributed by atoms with van der Waals surface area (Å²) in [6, 6.07) is 14.9. The minimum Gasteiger partial charge on any atom is -0.483 e. The maximum absolute atomic E-state index is 12.6. The molecule has 0 radical (unpaired) electrons. The lowest BCUT2D eigenvalue weighted by atomic mass is 10.1. The molecular formula is C19H17NO3. The van der Waals surface area contributed by atoms with Crippen LogP contribution in [0.4, 0.5) is 0 Å². The van der Waals surface area contributed by atoms with Gasteiger partial charge in [-0.2, -0.15) is 0 Å². The first-order chi connectivity index (χ1) is 11.1. The molecular weight excluding hydrogens is 290 g/mol. The smallest absolute Gasteiger partial charge is 0.269 e. The van der Waals surface area contributed by atoms with E-state index in [0.29, 0.717) is 17.0 Å². The Kier molecular flexibility index (Phi) is 3.98. The first kappa shape index (κ1) is 15.0. The van der Waals surface area contributed by atoms with Gasteiger partial charge in [0, 0.05) is 16.6 Å². The van der Waals surface area contributed by atoms with Crippen LogP contribution in [0.2, 0.25) is 0 Å². The van der Waals surface area contributed by atoms with Crippen molar-refractivity contribution in [2.24, 2.45) is 0 Å². The Hall–Kier alpha value is -2.88. The summed E-state index contributed by atoms with van der Waals surface area (Å²) in [5.41, 5.74) is 2.89. The molecule has 0 amide bonds. The summed E-state index contributed by atoms with van der Waals surface area (Å²) in [7, 11) is 0. The third-order valence-electron chi connectivity index (χ3n) is 3.97. The van der Waals surface area contributed by atoms with Crippen LogP contribution in [0.3, 0.4) is 0 Å². The van der Waals surface area contributed by atoms with Gasteiger partial charge in [0.05, 0.1) is 5.52 Å². The number of carbonyl (C=O) groups excluding carboxylic acids is 2. The zero-order valence-electron chi connectivity index (χ0n) is 13.1. The van der Waals surface area contributed by atoms with Crippen LogP contribution < -0.4 is 4.74 Å². The molecule has 3 rings (SSSR count). The normalized spacial score (nSPS) is 10.7. The lowest BCUT2D eigenvalue weighted by Crippen LogP contribution is -2.20. The molecule has 0 unspecified atom stereocenters. The summed E-state index contributed by atoms with van der Waals surface area (Å²) in [5.74, 6) is 0.487. The van der Waals surface area contributed by atoms with Crippen molar-refractivity contribution in [3.63, 3.8) is 0 Å². The van der Waals surface area contributed by atoms with Gasteiger partial charge in [0.2, 0.25) is 0 Å². The number of fused-ring (bicyclic) bond motifs is 1. The van der Waals surface area contributed by atoms with Gasteiger partial charge in [0.15, 0.2) is 12.9 Å². The van der Waals surface area contributed by atoms with Crippen LogP contribution in [0.5, 0.6) is 5.75 Å². The molecule has 4 heteroatoms. The summed E-state index contributed by atoms with van der Waals surface area (Å²) < 4.78 is 7.19. The number of para-hydroxylation sites is 2. The van der Waals surface area contributed by atoms with Crippen LogP contribution in [0.15, 0.2) is 48.5 Å². The summed E-state index contributed by atoms with van der Waals surface area (Å²) in [5, 5.41) is 0.782. The molecule has 0 aliphatic carbocycles. The fourth-order valence-electron chi connectivity index (χ4n) is 2.78. The molecule has 0 saturated carbocycles. The highest BCUT2D eigenvalue weighted by Gasteiger charge is 2.18. The minimum atomic E-state index is -0.199. The van der Waals surface area contributed by atoms with Gasteiger partial charge in [-0.05, 0) is 31.5 Å². The topological polar surface area (TPSA) is 48.3 Å². The van der Waals surface area contributed by atoms with Crippen LogP contribution in [0, 0.1) is 13.8 Å². The van der Waals surface area contributed by atoms with Gasteiger partial charge >= 0.3 is 0 Å². The second-order valence-electron chi connectivity index (χ2n) is 5.42. The maximum Gasteiger partial charge on any atom is 0.269 e. The lowest BCUT2D eigenvalue weighted by molar-refractivity contribution is 0.0840. The van der Waals surface area contributed by atoms with Crippen LogP contribution >= 0.6 is 0 Å².